The Labute approximate surface area is 152 Å². The quantitative estimate of drug-likeness (QED) is 0.720. The molecule has 0 bridgehead atoms. The van der Waals surface area contributed by atoms with Gasteiger partial charge in [0, 0.05) is 19.0 Å². The first-order chi connectivity index (χ1) is 12.4. The fourth-order valence-corrected chi connectivity index (χ4v) is 3.99. The Bertz CT molecular complexity index is 851. The van der Waals surface area contributed by atoms with E-state index in [-0.39, 0.29) is 24.3 Å². The van der Waals surface area contributed by atoms with Crippen LogP contribution in [0.2, 0.25) is 0 Å². The van der Waals surface area contributed by atoms with Crippen LogP contribution in [0.15, 0.2) is 53.4 Å². The maximum absolute atomic E-state index is 13.1. The lowest BCUT2D eigenvalue weighted by molar-refractivity contribution is -0.137. The molecule has 2 rings (SSSR count). The monoisotopic (exact) mass is 379 g/mol. The van der Waals surface area contributed by atoms with E-state index in [0.717, 1.165) is 0 Å². The topological polar surface area (TPSA) is 93.1 Å². The number of carboxylic acids is 1. The molecule has 0 amide bonds. The Morgan fingerprint density at radius 2 is 1.77 bits per heavy atom. The van der Waals surface area contributed by atoms with Gasteiger partial charge < -0.3 is 14.6 Å². The maximum atomic E-state index is 13.1. The molecule has 2 aromatic carbocycles. The SMILES string of the molecule is COc1ccc(N(CCCC(=O)O)S(=O)(=O)c2ccccc2)c(OC)c1. The number of hydrogen-bond acceptors (Lipinski definition) is 5. The average molecular weight is 379 g/mol. The van der Waals surface area contributed by atoms with Crippen molar-refractivity contribution in [2.24, 2.45) is 0 Å². The third-order valence-electron chi connectivity index (χ3n) is 3.74. The van der Waals surface area contributed by atoms with Gasteiger partial charge in [-0.05, 0) is 30.7 Å². The van der Waals surface area contributed by atoms with Crippen LogP contribution in [0.4, 0.5) is 5.69 Å². The Hall–Kier alpha value is -2.74. The van der Waals surface area contributed by atoms with E-state index >= 15 is 0 Å². The number of methoxy groups -OCH3 is 2. The molecule has 0 saturated heterocycles. The average Bonchev–Trinajstić information content (AvgIpc) is 2.65. The van der Waals surface area contributed by atoms with E-state index in [1.165, 1.54) is 30.7 Å². The van der Waals surface area contributed by atoms with Crippen LogP contribution in [-0.4, -0.2) is 40.3 Å². The third-order valence-corrected chi connectivity index (χ3v) is 5.57. The molecule has 0 aliphatic rings. The molecule has 0 radical (unpaired) electrons. The molecule has 7 nitrogen and oxygen atoms in total. The maximum Gasteiger partial charge on any atom is 0.303 e. The number of benzene rings is 2. The number of sulfonamides is 1. The van der Waals surface area contributed by atoms with Crippen molar-refractivity contribution in [2.75, 3.05) is 25.1 Å². The van der Waals surface area contributed by atoms with Crippen molar-refractivity contribution in [1.29, 1.82) is 0 Å². The molecule has 0 atom stereocenters. The Morgan fingerprint density at radius 3 is 2.35 bits per heavy atom. The van der Waals surface area contributed by atoms with Crippen LogP contribution in [0.1, 0.15) is 12.8 Å². The molecule has 8 heteroatoms. The van der Waals surface area contributed by atoms with Gasteiger partial charge in [-0.2, -0.15) is 0 Å². The zero-order valence-corrected chi connectivity index (χ0v) is 15.4. The van der Waals surface area contributed by atoms with E-state index in [2.05, 4.69) is 0 Å². The fraction of sp³-hybridized carbons (Fsp3) is 0.278. The Kier molecular flexibility index (Phi) is 6.46. The summed E-state index contributed by atoms with van der Waals surface area (Å²) in [5.74, 6) is -0.142. The van der Waals surface area contributed by atoms with Gasteiger partial charge in [0.05, 0.1) is 24.8 Å². The van der Waals surface area contributed by atoms with Gasteiger partial charge in [0.25, 0.3) is 10.0 Å². The first kappa shape index (κ1) is 19.6. The minimum atomic E-state index is -3.88. The number of anilines is 1. The normalized spacial score (nSPS) is 11.0. The van der Waals surface area contributed by atoms with E-state index in [1.54, 1.807) is 36.4 Å². The van der Waals surface area contributed by atoms with Gasteiger partial charge in [-0.25, -0.2) is 8.42 Å². The molecule has 0 aliphatic heterocycles. The molecule has 0 unspecified atom stereocenters. The summed E-state index contributed by atoms with van der Waals surface area (Å²) in [6.07, 6.45) is 0.0237. The summed E-state index contributed by atoms with van der Waals surface area (Å²) in [7, 11) is -0.951. The highest BCUT2D eigenvalue weighted by Gasteiger charge is 2.27. The van der Waals surface area contributed by atoms with Crippen LogP contribution < -0.4 is 13.8 Å². The standard InChI is InChI=1S/C18H21NO6S/c1-24-14-10-11-16(17(13-14)25-2)19(12-6-9-18(20)21)26(22,23)15-7-4-3-5-8-15/h3-5,7-8,10-11,13H,6,9,12H2,1-2H3,(H,20,21). The van der Waals surface area contributed by atoms with Crippen LogP contribution in [0, 0.1) is 0 Å². The number of nitrogens with zero attached hydrogens (tertiary/aromatic N) is 1. The number of carboxylic acid groups (broad SMARTS) is 1. The first-order valence-electron chi connectivity index (χ1n) is 7.91. The molecule has 0 aliphatic carbocycles. The minimum absolute atomic E-state index is 0.00617. The van der Waals surface area contributed by atoms with E-state index in [1.807, 2.05) is 0 Å². The summed E-state index contributed by atoms with van der Waals surface area (Å²) in [5, 5.41) is 8.88. The lowest BCUT2D eigenvalue weighted by atomic mass is 10.2. The van der Waals surface area contributed by atoms with Crippen LogP contribution in [-0.2, 0) is 14.8 Å². The van der Waals surface area contributed by atoms with Gasteiger partial charge in [0.15, 0.2) is 0 Å². The lowest BCUT2D eigenvalue weighted by Crippen LogP contribution is -2.32. The fourth-order valence-electron chi connectivity index (χ4n) is 2.45. The molecular formula is C18H21NO6S. The summed E-state index contributed by atoms with van der Waals surface area (Å²) in [4.78, 5) is 11.0. The summed E-state index contributed by atoms with van der Waals surface area (Å²) >= 11 is 0. The predicted octanol–water partition coefficient (Wildman–Crippen LogP) is 2.76. The molecule has 2 aromatic rings. The summed E-state index contributed by atoms with van der Waals surface area (Å²) in [5.41, 5.74) is 0.322. The van der Waals surface area contributed by atoms with Crippen molar-refractivity contribution in [3.63, 3.8) is 0 Å². The Balaban J connectivity index is 2.49. The largest absolute Gasteiger partial charge is 0.497 e. The number of aliphatic carboxylic acids is 1. The highest BCUT2D eigenvalue weighted by atomic mass is 32.2. The first-order valence-corrected chi connectivity index (χ1v) is 9.35. The van der Waals surface area contributed by atoms with Crippen molar-refractivity contribution >= 4 is 21.7 Å². The van der Waals surface area contributed by atoms with Crippen LogP contribution in [0.3, 0.4) is 0 Å². The second kappa shape index (κ2) is 8.57. The minimum Gasteiger partial charge on any atom is -0.497 e. The van der Waals surface area contributed by atoms with Crippen LogP contribution in [0.25, 0.3) is 0 Å². The van der Waals surface area contributed by atoms with Gasteiger partial charge in [-0.3, -0.25) is 9.10 Å². The van der Waals surface area contributed by atoms with Gasteiger partial charge >= 0.3 is 5.97 Å². The zero-order valence-electron chi connectivity index (χ0n) is 14.6. The summed E-state index contributed by atoms with van der Waals surface area (Å²) < 4.78 is 37.9. The van der Waals surface area contributed by atoms with E-state index < -0.39 is 16.0 Å². The van der Waals surface area contributed by atoms with Crippen molar-refractivity contribution in [3.8, 4) is 11.5 Å². The number of hydrogen-bond donors (Lipinski definition) is 1. The third kappa shape index (κ3) is 4.45. The van der Waals surface area contributed by atoms with Crippen molar-refractivity contribution in [2.45, 2.75) is 17.7 Å². The molecule has 0 heterocycles. The highest BCUT2D eigenvalue weighted by Crippen LogP contribution is 2.35. The van der Waals surface area contributed by atoms with Gasteiger partial charge in [0.1, 0.15) is 11.5 Å². The van der Waals surface area contributed by atoms with Crippen molar-refractivity contribution in [3.05, 3.63) is 48.5 Å². The van der Waals surface area contributed by atoms with E-state index in [4.69, 9.17) is 14.6 Å². The zero-order chi connectivity index (χ0) is 19.2. The second-order valence-corrected chi connectivity index (χ2v) is 7.29. The molecule has 140 valence electrons. The molecule has 26 heavy (non-hydrogen) atoms. The highest BCUT2D eigenvalue weighted by molar-refractivity contribution is 7.92. The Morgan fingerprint density at radius 1 is 1.08 bits per heavy atom. The smallest absolute Gasteiger partial charge is 0.303 e. The molecule has 0 spiro atoms. The van der Waals surface area contributed by atoms with E-state index in [0.29, 0.717) is 17.2 Å². The van der Waals surface area contributed by atoms with E-state index in [9.17, 15) is 13.2 Å². The van der Waals surface area contributed by atoms with Crippen LogP contribution >= 0.6 is 0 Å². The summed E-state index contributed by atoms with van der Waals surface area (Å²) in [6.45, 7) is 0.00617. The van der Waals surface area contributed by atoms with Gasteiger partial charge in [0.2, 0.25) is 0 Å². The van der Waals surface area contributed by atoms with Crippen molar-refractivity contribution in [1.82, 2.24) is 0 Å². The number of carbonyl (C=O) groups is 1. The summed E-state index contributed by atoms with van der Waals surface area (Å²) in [6, 6.07) is 12.8. The molecule has 1 N–H and O–H groups in total. The lowest BCUT2D eigenvalue weighted by Gasteiger charge is -2.26. The molecule has 0 fully saturated rings. The molecular weight excluding hydrogens is 358 g/mol. The second-order valence-electron chi connectivity index (χ2n) is 5.43. The molecule has 0 saturated carbocycles. The predicted molar refractivity (Wildman–Crippen MR) is 97.4 cm³/mol. The molecule has 0 aromatic heterocycles. The van der Waals surface area contributed by atoms with Gasteiger partial charge in [-0.15, -0.1) is 0 Å². The van der Waals surface area contributed by atoms with Crippen LogP contribution in [0.5, 0.6) is 11.5 Å². The van der Waals surface area contributed by atoms with Crippen molar-refractivity contribution < 1.29 is 27.8 Å². The number of rotatable bonds is 9. The van der Waals surface area contributed by atoms with Gasteiger partial charge in [-0.1, -0.05) is 18.2 Å². The number of ether oxygens (including phenoxy) is 2.